The van der Waals surface area contributed by atoms with Gasteiger partial charge in [-0.25, -0.2) is 4.57 Å². The lowest BCUT2D eigenvalue weighted by Crippen LogP contribution is -2.28. The maximum absolute atomic E-state index is 12.1. The van der Waals surface area contributed by atoms with Gasteiger partial charge in [-0.1, -0.05) is 155 Å². The van der Waals surface area contributed by atoms with Gasteiger partial charge >= 0.3 is 13.8 Å². The maximum Gasteiger partial charge on any atom is 0.472 e. The molecule has 3 N–H and O–H groups in total. The smallest absolute Gasteiger partial charge is 0.457 e. The summed E-state index contributed by atoms with van der Waals surface area (Å²) in [6, 6.07) is 0. The summed E-state index contributed by atoms with van der Waals surface area (Å²) in [4.78, 5) is 21.9. The van der Waals surface area contributed by atoms with Crippen LogP contribution in [-0.4, -0.2) is 49.9 Å². The molecule has 8 nitrogen and oxygen atoms in total. The zero-order valence-corrected chi connectivity index (χ0v) is 29.1. The molecule has 0 aromatic rings. The van der Waals surface area contributed by atoms with E-state index in [1.807, 2.05) is 0 Å². The number of hydrogen-bond donors (Lipinski definition) is 2. The third kappa shape index (κ3) is 32.7. The van der Waals surface area contributed by atoms with Gasteiger partial charge < -0.3 is 20.1 Å². The van der Waals surface area contributed by atoms with E-state index in [9.17, 15) is 14.3 Å². The fourth-order valence-electron chi connectivity index (χ4n) is 5.11. The van der Waals surface area contributed by atoms with Crippen LogP contribution in [0.4, 0.5) is 0 Å². The van der Waals surface area contributed by atoms with Crippen LogP contribution in [0.2, 0.25) is 0 Å². The number of phosphoric acid groups is 1. The number of rotatable bonds is 35. The van der Waals surface area contributed by atoms with Crippen molar-refractivity contribution in [3.05, 3.63) is 0 Å². The molecule has 0 aromatic heterocycles. The molecule has 0 fully saturated rings. The van der Waals surface area contributed by atoms with Gasteiger partial charge in [-0.15, -0.1) is 0 Å². The first-order chi connectivity index (χ1) is 20.9. The van der Waals surface area contributed by atoms with Crippen LogP contribution in [0.25, 0.3) is 0 Å². The van der Waals surface area contributed by atoms with Crippen LogP contribution >= 0.6 is 7.82 Å². The molecule has 2 unspecified atom stereocenters. The minimum Gasteiger partial charge on any atom is -0.457 e. The topological polar surface area (TPSA) is 117 Å². The van der Waals surface area contributed by atoms with E-state index >= 15 is 0 Å². The van der Waals surface area contributed by atoms with Crippen molar-refractivity contribution in [1.29, 1.82) is 0 Å². The fourth-order valence-corrected chi connectivity index (χ4v) is 5.88. The van der Waals surface area contributed by atoms with E-state index in [1.165, 1.54) is 122 Å². The van der Waals surface area contributed by atoms with Gasteiger partial charge in [0.1, 0.15) is 6.10 Å². The summed E-state index contributed by atoms with van der Waals surface area (Å²) < 4.78 is 32.8. The summed E-state index contributed by atoms with van der Waals surface area (Å²) in [6.45, 7) is 4.77. The van der Waals surface area contributed by atoms with Crippen LogP contribution < -0.4 is 5.73 Å². The highest BCUT2D eigenvalue weighted by Gasteiger charge is 2.25. The molecule has 0 saturated heterocycles. The van der Waals surface area contributed by atoms with Crippen molar-refractivity contribution in [1.82, 2.24) is 0 Å². The van der Waals surface area contributed by atoms with Crippen molar-refractivity contribution in [2.45, 2.75) is 180 Å². The molecule has 0 rings (SSSR count). The fraction of sp³-hybridized carbons (Fsp3) is 0.971. The Morgan fingerprint density at radius 2 is 1.02 bits per heavy atom. The molecule has 9 heteroatoms. The Balaban J connectivity index is 3.70. The molecule has 0 spiro atoms. The first kappa shape index (κ1) is 42.5. The van der Waals surface area contributed by atoms with Gasteiger partial charge in [0.2, 0.25) is 0 Å². The number of hydrogen-bond acceptors (Lipinski definition) is 7. The molecule has 0 heterocycles. The van der Waals surface area contributed by atoms with Crippen LogP contribution in [0.5, 0.6) is 0 Å². The largest absolute Gasteiger partial charge is 0.472 e. The lowest BCUT2D eigenvalue weighted by molar-refractivity contribution is -0.154. The van der Waals surface area contributed by atoms with E-state index in [-0.39, 0.29) is 32.3 Å². The molecule has 0 saturated carbocycles. The third-order valence-electron chi connectivity index (χ3n) is 7.77. The Morgan fingerprint density at radius 1 is 0.605 bits per heavy atom. The zero-order chi connectivity index (χ0) is 31.7. The highest BCUT2D eigenvalue weighted by Crippen LogP contribution is 2.43. The first-order valence-electron chi connectivity index (χ1n) is 18.0. The molecular formula is C34H70NO7P. The number of carbonyl (C=O) groups is 1. The van der Waals surface area contributed by atoms with E-state index in [4.69, 9.17) is 24.3 Å². The Morgan fingerprint density at radius 3 is 1.47 bits per heavy atom. The molecular weight excluding hydrogens is 565 g/mol. The molecule has 258 valence electrons. The molecule has 0 radical (unpaired) electrons. The lowest BCUT2D eigenvalue weighted by Gasteiger charge is -2.20. The number of ether oxygens (including phenoxy) is 2. The van der Waals surface area contributed by atoms with E-state index in [0.29, 0.717) is 13.0 Å². The van der Waals surface area contributed by atoms with E-state index in [0.717, 1.165) is 32.1 Å². The van der Waals surface area contributed by atoms with Crippen molar-refractivity contribution in [2.24, 2.45) is 5.73 Å². The third-order valence-corrected chi connectivity index (χ3v) is 8.76. The molecule has 0 aliphatic heterocycles. The van der Waals surface area contributed by atoms with Gasteiger partial charge in [-0.3, -0.25) is 13.8 Å². The van der Waals surface area contributed by atoms with Gasteiger partial charge in [0.05, 0.1) is 19.8 Å². The highest BCUT2D eigenvalue weighted by molar-refractivity contribution is 7.47. The van der Waals surface area contributed by atoms with Crippen molar-refractivity contribution in [2.75, 3.05) is 33.0 Å². The molecule has 43 heavy (non-hydrogen) atoms. The van der Waals surface area contributed by atoms with Crippen LogP contribution in [0.3, 0.4) is 0 Å². The van der Waals surface area contributed by atoms with Gasteiger partial charge in [0.15, 0.2) is 0 Å². The summed E-state index contributed by atoms with van der Waals surface area (Å²) >= 11 is 0. The van der Waals surface area contributed by atoms with E-state index in [1.54, 1.807) is 0 Å². The Bertz CT molecular complexity index is 638. The molecule has 0 aromatic carbocycles. The normalized spacial score (nSPS) is 13.7. The number of esters is 1. The Kier molecular flexibility index (Phi) is 32.5. The summed E-state index contributed by atoms with van der Waals surface area (Å²) in [6.07, 6.45) is 30.6. The summed E-state index contributed by atoms with van der Waals surface area (Å²) in [5.41, 5.74) is 5.31. The standard InChI is InChI=1S/C34H70NO7P/c1-3-5-7-8-9-10-11-12-13-14-15-16-17-18-19-20-21-22-23-24-26-29-39-31-33(42-34(36)27-25-6-4-2)32-41-43(37,38)40-30-28-35/h33H,3-32,35H2,1-2H3,(H,37,38). The van der Waals surface area contributed by atoms with Crippen molar-refractivity contribution in [3.8, 4) is 0 Å². The summed E-state index contributed by atoms with van der Waals surface area (Å²) in [5.74, 6) is -0.351. The van der Waals surface area contributed by atoms with Crippen molar-refractivity contribution in [3.63, 3.8) is 0 Å². The molecule has 0 aliphatic carbocycles. The quantitative estimate of drug-likeness (QED) is 0.0401. The van der Waals surface area contributed by atoms with Gasteiger partial charge in [-0.05, 0) is 12.8 Å². The predicted molar refractivity (Wildman–Crippen MR) is 178 cm³/mol. The number of nitrogens with two attached hydrogens (primary N) is 1. The predicted octanol–water partition coefficient (Wildman–Crippen LogP) is 9.80. The monoisotopic (exact) mass is 635 g/mol. The lowest BCUT2D eigenvalue weighted by atomic mass is 10.0. The van der Waals surface area contributed by atoms with Crippen LogP contribution in [-0.2, 0) is 27.9 Å². The second-order valence-electron chi connectivity index (χ2n) is 12.1. The highest BCUT2D eigenvalue weighted by atomic mass is 31.2. The molecule has 0 bridgehead atoms. The van der Waals surface area contributed by atoms with Gasteiger partial charge in [0.25, 0.3) is 0 Å². The molecule has 2 atom stereocenters. The van der Waals surface area contributed by atoms with Crippen molar-refractivity contribution < 1.29 is 32.8 Å². The SMILES string of the molecule is CCCCCCCCCCCCCCCCCCCCCCCOCC(COP(=O)(O)OCCN)OC(=O)CCCCC. The maximum atomic E-state index is 12.1. The van der Waals surface area contributed by atoms with E-state index in [2.05, 4.69) is 13.8 Å². The number of phosphoric ester groups is 1. The second kappa shape index (κ2) is 32.9. The average molecular weight is 636 g/mol. The van der Waals surface area contributed by atoms with Crippen LogP contribution in [0.15, 0.2) is 0 Å². The van der Waals surface area contributed by atoms with Crippen LogP contribution in [0, 0.1) is 0 Å². The van der Waals surface area contributed by atoms with E-state index < -0.39 is 13.9 Å². The van der Waals surface area contributed by atoms with Gasteiger partial charge in [0, 0.05) is 19.6 Å². The number of carbonyl (C=O) groups excluding carboxylic acids is 1. The van der Waals surface area contributed by atoms with Crippen molar-refractivity contribution >= 4 is 13.8 Å². The zero-order valence-electron chi connectivity index (χ0n) is 28.2. The summed E-state index contributed by atoms with van der Waals surface area (Å²) in [7, 11) is -4.24. The van der Waals surface area contributed by atoms with Crippen LogP contribution in [0.1, 0.15) is 174 Å². The molecule has 0 aliphatic rings. The number of unbranched alkanes of at least 4 members (excludes halogenated alkanes) is 22. The average Bonchev–Trinajstić information content (AvgIpc) is 2.99. The first-order valence-corrected chi connectivity index (χ1v) is 19.5. The summed E-state index contributed by atoms with van der Waals surface area (Å²) in [5, 5.41) is 0. The minimum absolute atomic E-state index is 0.0920. The minimum atomic E-state index is -4.24. The Hall–Kier alpha value is -0.500. The van der Waals surface area contributed by atoms with Gasteiger partial charge in [-0.2, -0.15) is 0 Å². The molecule has 0 amide bonds. The second-order valence-corrected chi connectivity index (χ2v) is 13.6. The Labute approximate surface area is 265 Å².